The van der Waals surface area contributed by atoms with Crippen molar-refractivity contribution in [2.24, 2.45) is 0 Å². The van der Waals surface area contributed by atoms with Crippen molar-refractivity contribution in [2.75, 3.05) is 19.6 Å². The van der Waals surface area contributed by atoms with Gasteiger partial charge in [0, 0.05) is 6.54 Å². The van der Waals surface area contributed by atoms with Gasteiger partial charge in [-0.1, -0.05) is 25.0 Å². The first-order valence-corrected chi connectivity index (χ1v) is 8.20. The maximum Gasteiger partial charge on any atom is 0.328 e. The van der Waals surface area contributed by atoms with Crippen molar-refractivity contribution in [1.29, 1.82) is 0 Å². The second kappa shape index (κ2) is 6.92. The normalized spacial score (nSPS) is 16.7. The highest BCUT2D eigenvalue weighted by Gasteiger charge is 2.10. The van der Waals surface area contributed by atoms with Crippen molar-refractivity contribution >= 4 is 10.9 Å². The number of likely N-dealkylation sites (tertiary alicyclic amines) is 1. The second-order valence-corrected chi connectivity index (χ2v) is 6.04. The van der Waals surface area contributed by atoms with Crippen LogP contribution in [-0.4, -0.2) is 34.1 Å². The summed E-state index contributed by atoms with van der Waals surface area (Å²) in [6.45, 7) is 3.72. The largest absolute Gasteiger partial charge is 0.328 e. The summed E-state index contributed by atoms with van der Waals surface area (Å²) < 4.78 is 1.33. The van der Waals surface area contributed by atoms with Crippen LogP contribution >= 0.6 is 0 Å². The predicted molar refractivity (Wildman–Crippen MR) is 88.4 cm³/mol. The number of rotatable bonds is 4. The van der Waals surface area contributed by atoms with Crippen molar-refractivity contribution in [1.82, 2.24) is 14.5 Å². The topological polar surface area (TPSA) is 58.1 Å². The lowest BCUT2D eigenvalue weighted by molar-refractivity contribution is 0.274. The van der Waals surface area contributed by atoms with E-state index in [0.717, 1.165) is 26.1 Å². The fourth-order valence-electron chi connectivity index (χ4n) is 3.21. The van der Waals surface area contributed by atoms with E-state index in [-0.39, 0.29) is 11.2 Å². The third kappa shape index (κ3) is 3.30. The molecule has 0 unspecified atom stereocenters. The van der Waals surface area contributed by atoms with Crippen LogP contribution in [-0.2, 0) is 6.54 Å². The highest BCUT2D eigenvalue weighted by molar-refractivity contribution is 5.76. The van der Waals surface area contributed by atoms with Gasteiger partial charge in [0.2, 0.25) is 0 Å². The summed E-state index contributed by atoms with van der Waals surface area (Å²) in [4.78, 5) is 29.7. The summed E-state index contributed by atoms with van der Waals surface area (Å²) in [5.41, 5.74) is 0.121. The molecule has 0 amide bonds. The molecule has 22 heavy (non-hydrogen) atoms. The number of benzene rings is 1. The summed E-state index contributed by atoms with van der Waals surface area (Å²) >= 11 is 0. The average molecular weight is 301 g/mol. The Hall–Kier alpha value is -1.88. The van der Waals surface area contributed by atoms with E-state index in [9.17, 15) is 9.59 Å². The van der Waals surface area contributed by atoms with E-state index in [4.69, 9.17) is 0 Å². The van der Waals surface area contributed by atoms with E-state index in [1.54, 1.807) is 12.1 Å². The highest BCUT2D eigenvalue weighted by Crippen LogP contribution is 2.10. The van der Waals surface area contributed by atoms with Crippen molar-refractivity contribution in [3.63, 3.8) is 0 Å². The lowest BCUT2D eigenvalue weighted by Gasteiger charge is -2.19. The van der Waals surface area contributed by atoms with Crippen LogP contribution in [0.5, 0.6) is 0 Å². The number of aromatic nitrogens is 2. The number of H-pyrrole nitrogens is 1. The molecule has 0 bridgehead atoms. The quantitative estimate of drug-likeness (QED) is 0.939. The number of nitrogens with zero attached hydrogens (tertiary/aromatic N) is 2. The molecule has 0 spiro atoms. The van der Waals surface area contributed by atoms with E-state index in [1.807, 2.05) is 12.1 Å². The summed E-state index contributed by atoms with van der Waals surface area (Å²) in [6, 6.07) is 7.17. The average Bonchev–Trinajstić information content (AvgIpc) is 2.79. The number of hydrogen-bond acceptors (Lipinski definition) is 3. The second-order valence-electron chi connectivity index (χ2n) is 6.04. The molecule has 0 atom stereocenters. The van der Waals surface area contributed by atoms with Gasteiger partial charge in [-0.05, 0) is 51.0 Å². The molecule has 3 rings (SSSR count). The molecule has 5 nitrogen and oxygen atoms in total. The molecule has 0 radical (unpaired) electrons. The Labute approximate surface area is 129 Å². The Kier molecular flexibility index (Phi) is 4.73. The zero-order valence-electron chi connectivity index (χ0n) is 12.9. The molecule has 1 aromatic carbocycles. The molecule has 1 aliphatic rings. The van der Waals surface area contributed by atoms with Crippen LogP contribution < -0.4 is 11.2 Å². The van der Waals surface area contributed by atoms with Gasteiger partial charge in [0.05, 0.1) is 10.9 Å². The van der Waals surface area contributed by atoms with Gasteiger partial charge in [-0.2, -0.15) is 0 Å². The Morgan fingerprint density at radius 3 is 2.45 bits per heavy atom. The van der Waals surface area contributed by atoms with Gasteiger partial charge in [0.1, 0.15) is 0 Å². The smallest absolute Gasteiger partial charge is 0.307 e. The Balaban J connectivity index is 1.71. The molecule has 0 aliphatic carbocycles. The Morgan fingerprint density at radius 2 is 1.68 bits per heavy atom. The first-order chi connectivity index (χ1) is 10.8. The summed E-state index contributed by atoms with van der Waals surface area (Å²) in [5, 5.41) is 0.580. The van der Waals surface area contributed by atoms with Crippen LogP contribution in [0.4, 0.5) is 0 Å². The molecule has 1 N–H and O–H groups in total. The molecule has 2 heterocycles. The zero-order chi connectivity index (χ0) is 15.4. The van der Waals surface area contributed by atoms with Gasteiger partial charge in [-0.15, -0.1) is 0 Å². The molecule has 2 aromatic rings. The first kappa shape index (κ1) is 15.0. The van der Waals surface area contributed by atoms with Gasteiger partial charge in [-0.25, -0.2) is 4.79 Å². The summed E-state index contributed by atoms with van der Waals surface area (Å²) in [7, 11) is 0. The molecule has 1 aliphatic heterocycles. The predicted octanol–water partition coefficient (Wildman–Crippen LogP) is 1.96. The number of hydrogen-bond donors (Lipinski definition) is 1. The maximum absolute atomic E-state index is 12.4. The van der Waals surface area contributed by atoms with Crippen LogP contribution in [0.2, 0.25) is 0 Å². The van der Waals surface area contributed by atoms with E-state index >= 15 is 0 Å². The lowest BCUT2D eigenvalue weighted by Crippen LogP contribution is -2.36. The van der Waals surface area contributed by atoms with Gasteiger partial charge >= 0.3 is 5.69 Å². The van der Waals surface area contributed by atoms with Crippen LogP contribution in [0.1, 0.15) is 32.1 Å². The fourth-order valence-corrected chi connectivity index (χ4v) is 3.21. The zero-order valence-corrected chi connectivity index (χ0v) is 12.9. The van der Waals surface area contributed by atoms with Crippen LogP contribution in [0.15, 0.2) is 33.9 Å². The molecule has 1 aromatic heterocycles. The molecular formula is C17H23N3O2. The lowest BCUT2D eigenvalue weighted by atomic mass is 10.2. The standard InChI is InChI=1S/C17H23N3O2/c21-16-14-8-3-4-9-15(14)18-17(22)20(16)13-7-12-19-10-5-1-2-6-11-19/h3-4,8-9H,1-2,5-7,10-13H2,(H,18,22). The molecular weight excluding hydrogens is 278 g/mol. The third-order valence-corrected chi connectivity index (χ3v) is 4.44. The molecule has 1 fully saturated rings. The van der Waals surface area contributed by atoms with Crippen molar-refractivity contribution in [3.8, 4) is 0 Å². The SMILES string of the molecule is O=c1[nH]c2ccccc2c(=O)n1CCCN1CCCCCC1. The monoisotopic (exact) mass is 301 g/mol. The van der Waals surface area contributed by atoms with Gasteiger partial charge in [-0.3, -0.25) is 9.36 Å². The molecule has 0 saturated carbocycles. The Bertz CT molecular complexity index is 739. The Morgan fingerprint density at radius 1 is 0.955 bits per heavy atom. The van der Waals surface area contributed by atoms with E-state index < -0.39 is 0 Å². The van der Waals surface area contributed by atoms with Crippen molar-refractivity contribution in [3.05, 3.63) is 45.1 Å². The van der Waals surface area contributed by atoms with E-state index in [2.05, 4.69) is 9.88 Å². The number of nitrogens with one attached hydrogen (secondary N) is 1. The molecule has 1 saturated heterocycles. The minimum absolute atomic E-state index is 0.185. The third-order valence-electron chi connectivity index (χ3n) is 4.44. The number of aromatic amines is 1. The maximum atomic E-state index is 12.4. The summed E-state index contributed by atoms with van der Waals surface area (Å²) in [5.74, 6) is 0. The van der Waals surface area contributed by atoms with Crippen molar-refractivity contribution < 1.29 is 0 Å². The first-order valence-electron chi connectivity index (χ1n) is 8.20. The number of fused-ring (bicyclic) bond motifs is 1. The minimum Gasteiger partial charge on any atom is -0.307 e. The van der Waals surface area contributed by atoms with Crippen LogP contribution in [0.3, 0.4) is 0 Å². The van der Waals surface area contributed by atoms with Gasteiger partial charge < -0.3 is 9.88 Å². The fraction of sp³-hybridized carbons (Fsp3) is 0.529. The molecule has 118 valence electrons. The van der Waals surface area contributed by atoms with E-state index in [0.29, 0.717) is 17.4 Å². The van der Waals surface area contributed by atoms with Crippen molar-refractivity contribution in [2.45, 2.75) is 38.6 Å². The van der Waals surface area contributed by atoms with Crippen LogP contribution in [0, 0.1) is 0 Å². The van der Waals surface area contributed by atoms with Crippen LogP contribution in [0.25, 0.3) is 10.9 Å². The minimum atomic E-state index is -0.306. The summed E-state index contributed by atoms with van der Waals surface area (Å²) in [6.07, 6.45) is 5.99. The van der Waals surface area contributed by atoms with E-state index in [1.165, 1.54) is 30.3 Å². The van der Waals surface area contributed by atoms with Gasteiger partial charge in [0.15, 0.2) is 0 Å². The van der Waals surface area contributed by atoms with Gasteiger partial charge in [0.25, 0.3) is 5.56 Å². The number of para-hydroxylation sites is 1. The highest BCUT2D eigenvalue weighted by atomic mass is 16.2. The molecule has 5 heteroatoms.